The average molecular weight is 654 g/mol. The number of aryl methyl sites for hydroxylation is 1. The van der Waals surface area contributed by atoms with Gasteiger partial charge in [-0.05, 0) is 31.2 Å². The molecule has 15 nitrogen and oxygen atoms in total. The maximum Gasteiger partial charge on any atom is 0.285 e. The highest BCUT2D eigenvalue weighted by Gasteiger charge is 2.50. The van der Waals surface area contributed by atoms with E-state index in [1.54, 1.807) is 42.5 Å². The van der Waals surface area contributed by atoms with E-state index in [0.717, 1.165) is 5.56 Å². The van der Waals surface area contributed by atoms with E-state index < -0.39 is 91.3 Å². The molecule has 0 saturated carbocycles. The number of hydrogen-bond acceptors (Lipinski definition) is 14. The van der Waals surface area contributed by atoms with Crippen LogP contribution < -0.4 is 5.55 Å². The first-order valence-electron chi connectivity index (χ1n) is 14.0. The maximum atomic E-state index is 13.1. The third-order valence-corrected chi connectivity index (χ3v) is 8.89. The number of aliphatic hydroxyl groups excluding tert-OH is 7. The van der Waals surface area contributed by atoms with Crippen LogP contribution >= 0.6 is 0 Å². The van der Waals surface area contributed by atoms with Crippen molar-refractivity contribution in [2.75, 3.05) is 13.2 Å². The number of para-hydroxylation sites is 1. The molecule has 0 bridgehead atoms. The van der Waals surface area contributed by atoms with E-state index in [-0.39, 0.29) is 16.0 Å². The summed E-state index contributed by atoms with van der Waals surface area (Å²) in [4.78, 5) is -0.0614. The Labute approximate surface area is 257 Å². The van der Waals surface area contributed by atoms with Crippen LogP contribution in [0.4, 0.5) is 0 Å². The number of ether oxygens (including phenoxy) is 4. The molecule has 2 aromatic carbocycles. The minimum atomic E-state index is -4.21. The van der Waals surface area contributed by atoms with Gasteiger partial charge >= 0.3 is 0 Å². The van der Waals surface area contributed by atoms with Crippen LogP contribution in [0, 0.1) is 6.92 Å². The molecule has 16 heteroatoms. The lowest BCUT2D eigenvalue weighted by atomic mass is 9.97. The molecule has 45 heavy (non-hydrogen) atoms. The van der Waals surface area contributed by atoms with E-state index in [4.69, 9.17) is 23.4 Å². The lowest BCUT2D eigenvalue weighted by Crippen LogP contribution is -2.64. The molecule has 0 spiro atoms. The molecule has 0 unspecified atom stereocenters. The molecular formula is C29H35NO14S. The predicted molar refractivity (Wildman–Crippen MR) is 151 cm³/mol. The summed E-state index contributed by atoms with van der Waals surface area (Å²) in [6.07, 6.45) is -16.2. The third-order valence-electron chi connectivity index (χ3n) is 7.62. The summed E-state index contributed by atoms with van der Waals surface area (Å²) in [6.45, 7) is -0.0859. The van der Waals surface area contributed by atoms with Crippen molar-refractivity contribution in [3.8, 4) is 0 Å². The Balaban J connectivity index is 1.37. The fraction of sp³-hybridized carbons (Fsp3) is 0.483. The number of rotatable bonds is 9. The Morgan fingerprint density at radius 1 is 0.800 bits per heavy atom. The predicted octanol–water partition coefficient (Wildman–Crippen LogP) is -1.83. The first kappa shape index (κ1) is 33.5. The highest BCUT2D eigenvalue weighted by atomic mass is 32.2. The molecule has 2 aliphatic rings. The Hall–Kier alpha value is -2.84. The van der Waals surface area contributed by atoms with Gasteiger partial charge in [0, 0.05) is 10.9 Å². The summed E-state index contributed by atoms with van der Waals surface area (Å²) >= 11 is 0. The van der Waals surface area contributed by atoms with Crippen molar-refractivity contribution in [1.82, 2.24) is 0 Å². The Morgan fingerprint density at radius 2 is 1.44 bits per heavy atom. The van der Waals surface area contributed by atoms with E-state index in [9.17, 15) is 44.2 Å². The fourth-order valence-corrected chi connectivity index (χ4v) is 5.99. The highest BCUT2D eigenvalue weighted by molar-refractivity contribution is 7.90. The molecule has 0 amide bonds. The van der Waals surface area contributed by atoms with Gasteiger partial charge in [-0.3, -0.25) is 0 Å². The number of aliphatic hydroxyl groups is 7. The van der Waals surface area contributed by atoms with Crippen molar-refractivity contribution in [2.24, 2.45) is 4.40 Å². The van der Waals surface area contributed by atoms with Crippen molar-refractivity contribution in [2.45, 2.75) is 79.8 Å². The number of sulfonamides is 1. The lowest BCUT2D eigenvalue weighted by Gasteiger charge is -2.45. The molecule has 0 aliphatic carbocycles. The van der Waals surface area contributed by atoms with Crippen molar-refractivity contribution >= 4 is 21.0 Å². The molecule has 3 heterocycles. The minimum Gasteiger partial charge on any atom is -0.437 e. The van der Waals surface area contributed by atoms with Crippen molar-refractivity contribution in [3.05, 3.63) is 71.3 Å². The molecule has 0 radical (unpaired) electrons. The van der Waals surface area contributed by atoms with Crippen LogP contribution in [0.3, 0.4) is 0 Å². The molecular weight excluding hydrogens is 618 g/mol. The van der Waals surface area contributed by atoms with Crippen molar-refractivity contribution in [1.29, 1.82) is 0 Å². The molecule has 7 N–H and O–H groups in total. The average Bonchev–Trinajstić information content (AvgIpc) is 3.03. The number of fused-ring (bicyclic) bond motifs is 1. The van der Waals surface area contributed by atoms with Gasteiger partial charge in [0.2, 0.25) is 5.55 Å². The van der Waals surface area contributed by atoms with Crippen LogP contribution in [0.25, 0.3) is 11.0 Å². The summed E-state index contributed by atoms with van der Waals surface area (Å²) in [5, 5.41) is 72.1. The van der Waals surface area contributed by atoms with Crippen LogP contribution in [0.1, 0.15) is 11.1 Å². The van der Waals surface area contributed by atoms with Crippen LogP contribution in [0.2, 0.25) is 0 Å². The summed E-state index contributed by atoms with van der Waals surface area (Å²) in [5.41, 5.74) is 1.07. The van der Waals surface area contributed by atoms with Crippen LogP contribution in [0.15, 0.2) is 68.3 Å². The molecule has 3 aromatic rings. The number of benzene rings is 2. The number of hydrogen-bond donors (Lipinski definition) is 7. The summed E-state index contributed by atoms with van der Waals surface area (Å²) in [5.74, 6) is 0. The Bertz CT molecular complexity index is 1630. The molecule has 5 rings (SSSR count). The molecule has 1 aromatic heterocycles. The molecule has 2 fully saturated rings. The summed E-state index contributed by atoms with van der Waals surface area (Å²) in [6, 6.07) is 14.5. The fourth-order valence-electron chi connectivity index (χ4n) is 5.03. The zero-order valence-corrected chi connectivity index (χ0v) is 24.8. The maximum absolute atomic E-state index is 13.1. The minimum absolute atomic E-state index is 0.0614. The molecule has 10 atom stereocenters. The quantitative estimate of drug-likeness (QED) is 0.135. The van der Waals surface area contributed by atoms with Crippen LogP contribution in [-0.2, 0) is 35.6 Å². The van der Waals surface area contributed by atoms with Gasteiger partial charge < -0.3 is 59.1 Å². The van der Waals surface area contributed by atoms with Gasteiger partial charge in [-0.2, -0.15) is 8.42 Å². The first-order chi connectivity index (χ1) is 21.4. The normalized spacial score (nSPS) is 33.0. The van der Waals surface area contributed by atoms with Crippen molar-refractivity contribution in [3.63, 3.8) is 0 Å². The Morgan fingerprint density at radius 3 is 2.13 bits per heavy atom. The van der Waals surface area contributed by atoms with E-state index in [1.165, 1.54) is 12.1 Å². The third kappa shape index (κ3) is 7.12. The van der Waals surface area contributed by atoms with Crippen molar-refractivity contribution < 1.29 is 67.5 Å². The summed E-state index contributed by atoms with van der Waals surface area (Å²) in [7, 11) is -4.21. The zero-order valence-electron chi connectivity index (χ0n) is 23.9. The zero-order chi connectivity index (χ0) is 32.5. The standard InChI is InChI=1S/C29H35NO14S/c1-14-6-8-17(9-7-14)45(38,39)30-27-16(10-15-4-2-3-5-18(15)41-27)13-40-28-25(37)23(35)26(20(12-32)43-28)44-29-24(36)22(34)21(33)19(11-31)42-29/h2-10,19-26,28-29,31-37H,11-13H2,1H3/t19-,20-,21+,22+,23-,24-,25-,26-,28-,29+/m1/s1. The van der Waals surface area contributed by atoms with Gasteiger partial charge in [-0.25, -0.2) is 0 Å². The Kier molecular flexibility index (Phi) is 10.3. The van der Waals surface area contributed by atoms with E-state index >= 15 is 0 Å². The SMILES string of the molecule is Cc1ccc(S(=O)(=O)N=c2oc3ccccc3cc2CO[C@@H]2O[C@H](CO)[C@@H](O[C@@H]3O[C@H](CO)[C@H](O)[C@H](O)[C@H]3O)[C@H](O)[C@H]2O)cc1. The lowest BCUT2D eigenvalue weighted by molar-refractivity contribution is -0.360. The van der Waals surface area contributed by atoms with E-state index in [2.05, 4.69) is 4.40 Å². The topological polar surface area (TPSA) is 238 Å². The van der Waals surface area contributed by atoms with Gasteiger partial charge in [-0.1, -0.05) is 35.9 Å². The smallest absolute Gasteiger partial charge is 0.285 e. The second-order valence-electron chi connectivity index (χ2n) is 10.8. The van der Waals surface area contributed by atoms with Crippen LogP contribution in [-0.4, -0.2) is 119 Å². The number of nitrogens with zero attached hydrogens (tertiary/aromatic N) is 1. The first-order valence-corrected chi connectivity index (χ1v) is 15.5. The van der Waals surface area contributed by atoms with Gasteiger partial charge in [0.05, 0.1) is 24.7 Å². The van der Waals surface area contributed by atoms with E-state index in [1.807, 2.05) is 6.92 Å². The molecule has 246 valence electrons. The van der Waals surface area contributed by atoms with Crippen LogP contribution in [0.5, 0.6) is 0 Å². The van der Waals surface area contributed by atoms with Gasteiger partial charge in [0.15, 0.2) is 12.6 Å². The molecule has 2 saturated heterocycles. The van der Waals surface area contributed by atoms with Gasteiger partial charge in [0.25, 0.3) is 10.0 Å². The largest absolute Gasteiger partial charge is 0.437 e. The van der Waals surface area contributed by atoms with Gasteiger partial charge in [0.1, 0.15) is 54.4 Å². The second-order valence-corrected chi connectivity index (χ2v) is 12.4. The second kappa shape index (κ2) is 13.9. The molecule has 2 aliphatic heterocycles. The monoisotopic (exact) mass is 653 g/mol. The summed E-state index contributed by atoms with van der Waals surface area (Å²) < 4.78 is 58.2. The van der Waals surface area contributed by atoms with E-state index in [0.29, 0.717) is 11.0 Å². The highest BCUT2D eigenvalue weighted by Crippen LogP contribution is 2.30. The van der Waals surface area contributed by atoms with Gasteiger partial charge in [-0.15, -0.1) is 4.40 Å².